The maximum atomic E-state index is 11.9. The third-order valence-electron chi connectivity index (χ3n) is 3.93. The van der Waals surface area contributed by atoms with Gasteiger partial charge in [-0.15, -0.1) is 0 Å². The molecule has 0 bridgehead atoms. The number of rotatable bonds is 3. The zero-order chi connectivity index (χ0) is 14.8. The Balaban J connectivity index is 1.66. The Labute approximate surface area is 124 Å². The maximum Gasteiger partial charge on any atom is 0.190 e. The Morgan fingerprint density at radius 2 is 1.86 bits per heavy atom. The van der Waals surface area contributed by atoms with Crippen LogP contribution in [0.2, 0.25) is 0 Å². The average Bonchev–Trinajstić information content (AvgIpc) is 2.50. The van der Waals surface area contributed by atoms with Crippen molar-refractivity contribution >= 4 is 5.78 Å². The lowest BCUT2D eigenvalue weighted by atomic mass is 10.0. The predicted octanol–water partition coefficient (Wildman–Crippen LogP) is 1.69. The third-order valence-corrected chi connectivity index (χ3v) is 3.93. The van der Waals surface area contributed by atoms with E-state index in [-0.39, 0.29) is 24.6 Å². The number of fused-ring (bicyclic) bond motifs is 1. The molecule has 21 heavy (non-hydrogen) atoms. The van der Waals surface area contributed by atoms with Crippen LogP contribution in [0.1, 0.15) is 19.4 Å². The van der Waals surface area contributed by atoms with Crippen LogP contribution < -0.4 is 0 Å². The molecule has 0 saturated carbocycles. The van der Waals surface area contributed by atoms with Crippen LogP contribution >= 0.6 is 0 Å². The molecule has 5 nitrogen and oxygen atoms in total. The molecule has 0 aromatic heterocycles. The summed E-state index contributed by atoms with van der Waals surface area (Å²) in [4.78, 5) is 11.9. The van der Waals surface area contributed by atoms with Gasteiger partial charge in [-0.2, -0.15) is 0 Å². The van der Waals surface area contributed by atoms with Crippen LogP contribution in [0.5, 0.6) is 0 Å². The van der Waals surface area contributed by atoms with Crippen LogP contribution in [0, 0.1) is 0 Å². The number of ketones is 1. The van der Waals surface area contributed by atoms with E-state index in [9.17, 15) is 4.79 Å². The topological polar surface area (TPSA) is 54.0 Å². The molecule has 2 saturated heterocycles. The first kappa shape index (κ1) is 14.7. The first-order valence-electron chi connectivity index (χ1n) is 7.26. The van der Waals surface area contributed by atoms with Crippen LogP contribution in [0.4, 0.5) is 0 Å². The molecule has 0 amide bonds. The summed E-state index contributed by atoms with van der Waals surface area (Å²) in [7, 11) is 0. The molecule has 0 unspecified atom stereocenters. The summed E-state index contributed by atoms with van der Waals surface area (Å²) in [6, 6.07) is 9.83. The number of hydrogen-bond acceptors (Lipinski definition) is 5. The summed E-state index contributed by atoms with van der Waals surface area (Å²) in [5.74, 6) is -0.0849. The van der Waals surface area contributed by atoms with Crippen LogP contribution in [0.15, 0.2) is 30.3 Å². The fourth-order valence-corrected chi connectivity index (χ4v) is 2.55. The van der Waals surface area contributed by atoms with Gasteiger partial charge in [0.05, 0.1) is 18.8 Å². The van der Waals surface area contributed by atoms with E-state index in [2.05, 4.69) is 0 Å². The molecular formula is C16H20O5. The van der Waals surface area contributed by atoms with Gasteiger partial charge < -0.3 is 18.9 Å². The molecule has 114 valence electrons. The van der Waals surface area contributed by atoms with E-state index in [0.717, 1.165) is 5.56 Å². The highest BCUT2D eigenvalue weighted by molar-refractivity contribution is 5.85. The number of ether oxygens (including phenoxy) is 4. The van der Waals surface area contributed by atoms with Crippen LogP contribution in [-0.4, -0.2) is 43.1 Å². The molecule has 1 aromatic carbocycles. The minimum atomic E-state index is -0.592. The molecule has 5 heteroatoms. The summed E-state index contributed by atoms with van der Waals surface area (Å²) in [5, 5.41) is 0. The van der Waals surface area contributed by atoms with E-state index < -0.39 is 18.5 Å². The summed E-state index contributed by atoms with van der Waals surface area (Å²) in [6.07, 6.45) is -1.87. The number of carbonyl (C=O) groups excluding carboxylic acids is 1. The van der Waals surface area contributed by atoms with Gasteiger partial charge in [0.15, 0.2) is 12.1 Å². The molecule has 5 atom stereocenters. The quantitative estimate of drug-likeness (QED) is 0.848. The van der Waals surface area contributed by atoms with Crippen molar-refractivity contribution in [1.29, 1.82) is 0 Å². The smallest absolute Gasteiger partial charge is 0.190 e. The maximum absolute atomic E-state index is 11.9. The first-order valence-corrected chi connectivity index (χ1v) is 7.26. The number of hydrogen-bond donors (Lipinski definition) is 0. The summed E-state index contributed by atoms with van der Waals surface area (Å²) in [6.45, 7) is 4.25. The van der Waals surface area contributed by atoms with Gasteiger partial charge in [0.25, 0.3) is 0 Å². The fraction of sp³-hybridized carbons (Fsp3) is 0.562. The van der Waals surface area contributed by atoms with Gasteiger partial charge in [-0.25, -0.2) is 0 Å². The standard InChI is InChI=1S/C16H20O5/c1-10-11(2)21-15-14(20-10)13(17)9-19-16(15)18-8-12-6-4-3-5-7-12/h3-7,10-11,14-16H,8-9H2,1-2H3/t10-,11-,14+,15-,16+/m1/s1. The lowest BCUT2D eigenvalue weighted by Gasteiger charge is -2.43. The minimum Gasteiger partial charge on any atom is -0.364 e. The van der Waals surface area contributed by atoms with Gasteiger partial charge in [0.1, 0.15) is 18.8 Å². The molecule has 2 heterocycles. The van der Waals surface area contributed by atoms with Gasteiger partial charge in [-0.1, -0.05) is 30.3 Å². The molecule has 0 spiro atoms. The molecule has 2 aliphatic heterocycles. The Bertz CT molecular complexity index is 489. The van der Waals surface area contributed by atoms with Crippen LogP contribution in [0.25, 0.3) is 0 Å². The summed E-state index contributed by atoms with van der Waals surface area (Å²) in [5.41, 5.74) is 1.05. The van der Waals surface area contributed by atoms with E-state index in [1.807, 2.05) is 44.2 Å². The largest absolute Gasteiger partial charge is 0.364 e. The molecule has 0 aliphatic carbocycles. The monoisotopic (exact) mass is 292 g/mol. The Hall–Kier alpha value is -1.27. The van der Waals surface area contributed by atoms with Crippen molar-refractivity contribution in [3.05, 3.63) is 35.9 Å². The lowest BCUT2D eigenvalue weighted by molar-refractivity contribution is -0.301. The van der Waals surface area contributed by atoms with E-state index >= 15 is 0 Å². The Morgan fingerprint density at radius 1 is 1.14 bits per heavy atom. The van der Waals surface area contributed by atoms with E-state index in [4.69, 9.17) is 18.9 Å². The molecule has 1 aromatic rings. The zero-order valence-corrected chi connectivity index (χ0v) is 12.2. The lowest BCUT2D eigenvalue weighted by Crippen LogP contribution is -2.60. The minimum absolute atomic E-state index is 0.00504. The van der Waals surface area contributed by atoms with Gasteiger partial charge in [0, 0.05) is 0 Å². The highest BCUT2D eigenvalue weighted by atomic mass is 16.7. The van der Waals surface area contributed by atoms with Crippen molar-refractivity contribution in [1.82, 2.24) is 0 Å². The molecular weight excluding hydrogens is 272 g/mol. The molecule has 2 aliphatic rings. The van der Waals surface area contributed by atoms with Crippen molar-refractivity contribution in [2.45, 2.75) is 51.2 Å². The van der Waals surface area contributed by atoms with E-state index in [1.54, 1.807) is 0 Å². The van der Waals surface area contributed by atoms with E-state index in [0.29, 0.717) is 6.61 Å². The second kappa shape index (κ2) is 6.23. The summed E-state index contributed by atoms with van der Waals surface area (Å²) >= 11 is 0. The van der Waals surface area contributed by atoms with Gasteiger partial charge in [-0.05, 0) is 19.4 Å². The second-order valence-electron chi connectivity index (χ2n) is 5.51. The third kappa shape index (κ3) is 3.16. The van der Waals surface area contributed by atoms with Gasteiger partial charge in [0.2, 0.25) is 0 Å². The molecule has 2 fully saturated rings. The van der Waals surface area contributed by atoms with Gasteiger partial charge >= 0.3 is 0 Å². The molecule has 3 rings (SSSR count). The highest BCUT2D eigenvalue weighted by Gasteiger charge is 2.47. The number of carbonyl (C=O) groups is 1. The Morgan fingerprint density at radius 3 is 2.62 bits per heavy atom. The SMILES string of the molecule is C[C@H]1O[C@H]2[C@@H](OCc3ccccc3)OCC(=O)[C@@H]2O[C@@H]1C. The van der Waals surface area contributed by atoms with Crippen molar-refractivity contribution in [3.63, 3.8) is 0 Å². The normalized spacial score (nSPS) is 36.3. The van der Waals surface area contributed by atoms with Crippen LogP contribution in [0.3, 0.4) is 0 Å². The highest BCUT2D eigenvalue weighted by Crippen LogP contribution is 2.28. The van der Waals surface area contributed by atoms with Crippen molar-refractivity contribution in [2.75, 3.05) is 6.61 Å². The molecule has 0 radical (unpaired) electrons. The number of Topliss-reactive ketones (excluding diaryl/α,β-unsaturated/α-hetero) is 1. The van der Waals surface area contributed by atoms with Crippen molar-refractivity contribution < 1.29 is 23.7 Å². The second-order valence-corrected chi connectivity index (χ2v) is 5.51. The fourth-order valence-electron chi connectivity index (χ4n) is 2.55. The zero-order valence-electron chi connectivity index (χ0n) is 12.2. The first-order chi connectivity index (χ1) is 10.1. The Kier molecular flexibility index (Phi) is 4.35. The number of benzene rings is 1. The van der Waals surface area contributed by atoms with Crippen molar-refractivity contribution in [2.24, 2.45) is 0 Å². The summed E-state index contributed by atoms with van der Waals surface area (Å²) < 4.78 is 22.9. The van der Waals surface area contributed by atoms with Crippen molar-refractivity contribution in [3.8, 4) is 0 Å². The van der Waals surface area contributed by atoms with Gasteiger partial charge in [-0.3, -0.25) is 4.79 Å². The average molecular weight is 292 g/mol. The van der Waals surface area contributed by atoms with E-state index in [1.165, 1.54) is 0 Å². The predicted molar refractivity (Wildman–Crippen MR) is 74.6 cm³/mol. The molecule has 0 N–H and O–H groups in total. The van der Waals surface area contributed by atoms with Crippen LogP contribution in [-0.2, 0) is 30.3 Å².